The molecule has 120 valence electrons. The van der Waals surface area contributed by atoms with Crippen LogP contribution in [0, 0.1) is 0 Å². The second kappa shape index (κ2) is 9.74. The Labute approximate surface area is 141 Å². The van der Waals surface area contributed by atoms with Crippen LogP contribution in [0.4, 0.5) is 5.82 Å². The molecule has 0 amide bonds. The molecule has 0 fully saturated rings. The van der Waals surface area contributed by atoms with Gasteiger partial charge in [0.1, 0.15) is 0 Å². The lowest BCUT2D eigenvalue weighted by atomic mass is 10.1. The topological polar surface area (TPSA) is 41.9 Å². The van der Waals surface area contributed by atoms with Gasteiger partial charge in [-0.3, -0.25) is 0 Å². The smallest absolute Gasteiger partial charge is 0.151 e. The molecule has 0 aromatic carbocycles. The van der Waals surface area contributed by atoms with Gasteiger partial charge in [0, 0.05) is 24.9 Å². The summed E-state index contributed by atoms with van der Waals surface area (Å²) in [5, 5.41) is 10.7. The largest absolute Gasteiger partial charge is 0.355 e. The lowest BCUT2D eigenvalue weighted by Crippen LogP contribution is -2.28. The third kappa shape index (κ3) is 5.89. The Balaban J connectivity index is 1.89. The molecule has 0 bridgehead atoms. The van der Waals surface area contributed by atoms with Crippen LogP contribution in [0.5, 0.6) is 0 Å². The lowest BCUT2D eigenvalue weighted by molar-refractivity contribution is 0.613. The first-order valence-electron chi connectivity index (χ1n) is 7.91. The minimum absolute atomic E-state index is 0.436. The van der Waals surface area contributed by atoms with E-state index in [1.807, 2.05) is 11.6 Å². The minimum Gasteiger partial charge on any atom is -0.355 e. The van der Waals surface area contributed by atoms with Crippen molar-refractivity contribution in [2.45, 2.75) is 45.4 Å². The predicted molar refractivity (Wildman–Crippen MR) is 93.8 cm³/mol. The van der Waals surface area contributed by atoms with E-state index in [2.05, 4.69) is 32.4 Å². The van der Waals surface area contributed by atoms with E-state index in [-0.39, 0.29) is 0 Å². The molecule has 2 heterocycles. The van der Waals surface area contributed by atoms with E-state index in [0.29, 0.717) is 5.15 Å². The zero-order chi connectivity index (χ0) is 15.6. The lowest BCUT2D eigenvalue weighted by Gasteiger charge is -2.23. The van der Waals surface area contributed by atoms with Crippen LogP contribution in [0.1, 0.15) is 44.7 Å². The zero-order valence-corrected chi connectivity index (χ0v) is 14.6. The number of rotatable bonds is 10. The summed E-state index contributed by atoms with van der Waals surface area (Å²) in [5.41, 5.74) is 3.02. The molecule has 0 aliphatic rings. The maximum atomic E-state index is 5.84. The molecule has 0 saturated heterocycles. The summed E-state index contributed by atoms with van der Waals surface area (Å²) < 4.78 is 0. The van der Waals surface area contributed by atoms with Crippen molar-refractivity contribution in [1.29, 1.82) is 0 Å². The van der Waals surface area contributed by atoms with Crippen LogP contribution >= 0.6 is 22.9 Å². The van der Waals surface area contributed by atoms with Crippen LogP contribution < -0.4 is 4.90 Å². The third-order valence-electron chi connectivity index (χ3n) is 3.59. The summed E-state index contributed by atoms with van der Waals surface area (Å²) in [5.74, 6) is 0.898. The molecule has 0 unspecified atom stereocenters. The molecule has 0 aliphatic heterocycles. The van der Waals surface area contributed by atoms with Gasteiger partial charge in [0.2, 0.25) is 0 Å². The maximum absolute atomic E-state index is 5.84. The van der Waals surface area contributed by atoms with Crippen molar-refractivity contribution >= 4 is 28.8 Å². The molecule has 2 aromatic heterocycles. The molecule has 2 aromatic rings. The van der Waals surface area contributed by atoms with Crippen molar-refractivity contribution in [1.82, 2.24) is 15.2 Å². The van der Waals surface area contributed by atoms with Crippen LogP contribution in [0.15, 0.2) is 23.0 Å². The van der Waals surface area contributed by atoms with Gasteiger partial charge in [-0.05, 0) is 18.6 Å². The van der Waals surface area contributed by atoms with Crippen LogP contribution in [0.25, 0.3) is 0 Å². The summed E-state index contributed by atoms with van der Waals surface area (Å²) in [6.07, 6.45) is 7.28. The molecule has 4 nitrogen and oxygen atoms in total. The molecule has 0 spiro atoms. The average Bonchev–Trinajstić information content (AvgIpc) is 3.04. The van der Waals surface area contributed by atoms with Crippen molar-refractivity contribution in [3.05, 3.63) is 33.9 Å². The van der Waals surface area contributed by atoms with Crippen molar-refractivity contribution in [2.75, 3.05) is 18.0 Å². The molecule has 22 heavy (non-hydrogen) atoms. The molecule has 0 N–H and O–H groups in total. The first kappa shape index (κ1) is 17.2. The van der Waals surface area contributed by atoms with E-state index in [9.17, 15) is 0 Å². The fourth-order valence-electron chi connectivity index (χ4n) is 2.34. The summed E-state index contributed by atoms with van der Waals surface area (Å²) in [6, 6.07) is 3.75. The molecule has 0 aliphatic carbocycles. The van der Waals surface area contributed by atoms with Gasteiger partial charge < -0.3 is 4.90 Å². The fourth-order valence-corrected chi connectivity index (χ4v) is 3.03. The number of nitrogens with zero attached hydrogens (tertiary/aromatic N) is 4. The van der Waals surface area contributed by atoms with Gasteiger partial charge in [-0.1, -0.05) is 44.2 Å². The minimum atomic E-state index is 0.436. The number of aromatic nitrogens is 3. The number of anilines is 1. The average molecular weight is 339 g/mol. The van der Waals surface area contributed by atoms with Gasteiger partial charge in [-0.15, -0.1) is 21.5 Å². The number of hydrogen-bond acceptors (Lipinski definition) is 5. The Morgan fingerprint density at radius 3 is 2.64 bits per heavy atom. The third-order valence-corrected chi connectivity index (χ3v) is 4.43. The van der Waals surface area contributed by atoms with E-state index in [1.54, 1.807) is 17.4 Å². The van der Waals surface area contributed by atoms with Gasteiger partial charge in [0.25, 0.3) is 0 Å². The molecule has 0 saturated carbocycles. The number of thiazole rings is 1. The van der Waals surface area contributed by atoms with Gasteiger partial charge in [0.05, 0.1) is 11.2 Å². The molecule has 6 heteroatoms. The predicted octanol–water partition coefficient (Wildman–Crippen LogP) is 4.61. The van der Waals surface area contributed by atoms with E-state index in [0.717, 1.165) is 31.0 Å². The first-order valence-corrected chi connectivity index (χ1v) is 9.23. The van der Waals surface area contributed by atoms with Gasteiger partial charge in [0.15, 0.2) is 11.0 Å². The highest BCUT2D eigenvalue weighted by molar-refractivity contribution is 7.07. The summed E-state index contributed by atoms with van der Waals surface area (Å²) in [4.78, 5) is 6.64. The summed E-state index contributed by atoms with van der Waals surface area (Å²) in [7, 11) is 0. The highest BCUT2D eigenvalue weighted by Gasteiger charge is 2.09. The van der Waals surface area contributed by atoms with Crippen LogP contribution in [-0.4, -0.2) is 28.3 Å². The SMILES string of the molecule is CCCCCCCN(CCc1cscn1)c1ccc(Cl)nn1. The van der Waals surface area contributed by atoms with Crippen LogP contribution in [0.3, 0.4) is 0 Å². The van der Waals surface area contributed by atoms with E-state index in [1.165, 1.54) is 32.1 Å². The summed E-state index contributed by atoms with van der Waals surface area (Å²) >= 11 is 7.48. The highest BCUT2D eigenvalue weighted by Crippen LogP contribution is 2.15. The fraction of sp³-hybridized carbons (Fsp3) is 0.562. The van der Waals surface area contributed by atoms with E-state index >= 15 is 0 Å². The van der Waals surface area contributed by atoms with Gasteiger partial charge in [-0.2, -0.15) is 0 Å². The quantitative estimate of drug-likeness (QED) is 0.593. The number of halogens is 1. The standard InChI is InChI=1S/C16H23ClN4S/c1-2-3-4-5-6-10-21(11-9-14-12-22-13-18-14)16-8-7-15(17)19-20-16/h7-8,12-13H,2-6,9-11H2,1H3. The molecular formula is C16H23ClN4S. The van der Waals surface area contributed by atoms with E-state index < -0.39 is 0 Å². The Hall–Kier alpha value is -1.20. The van der Waals surface area contributed by atoms with Gasteiger partial charge in [-0.25, -0.2) is 4.98 Å². The number of unbranched alkanes of at least 4 members (excludes halogenated alkanes) is 4. The molecule has 0 atom stereocenters. The highest BCUT2D eigenvalue weighted by atomic mass is 35.5. The van der Waals surface area contributed by atoms with Crippen molar-refractivity contribution in [3.8, 4) is 0 Å². The Bertz CT molecular complexity index is 515. The van der Waals surface area contributed by atoms with Crippen molar-refractivity contribution in [2.24, 2.45) is 0 Å². The Morgan fingerprint density at radius 1 is 1.09 bits per heavy atom. The second-order valence-electron chi connectivity index (χ2n) is 5.35. The van der Waals surface area contributed by atoms with Crippen LogP contribution in [-0.2, 0) is 6.42 Å². The van der Waals surface area contributed by atoms with Crippen LogP contribution in [0.2, 0.25) is 5.15 Å². The summed E-state index contributed by atoms with van der Waals surface area (Å²) in [6.45, 7) is 4.15. The van der Waals surface area contributed by atoms with Gasteiger partial charge >= 0.3 is 0 Å². The Morgan fingerprint density at radius 2 is 1.95 bits per heavy atom. The van der Waals surface area contributed by atoms with E-state index in [4.69, 9.17) is 11.6 Å². The molecule has 0 radical (unpaired) electrons. The first-order chi connectivity index (χ1) is 10.8. The number of hydrogen-bond donors (Lipinski definition) is 0. The molecular weight excluding hydrogens is 316 g/mol. The van der Waals surface area contributed by atoms with Crippen molar-refractivity contribution < 1.29 is 0 Å². The normalized spacial score (nSPS) is 10.8. The molecule has 2 rings (SSSR count). The maximum Gasteiger partial charge on any atom is 0.151 e. The zero-order valence-electron chi connectivity index (χ0n) is 13.0. The monoisotopic (exact) mass is 338 g/mol. The Kier molecular flexibility index (Phi) is 7.60. The van der Waals surface area contributed by atoms with Crippen molar-refractivity contribution in [3.63, 3.8) is 0 Å². The second-order valence-corrected chi connectivity index (χ2v) is 6.45.